The summed E-state index contributed by atoms with van der Waals surface area (Å²) in [5.41, 5.74) is 0. The van der Waals surface area contributed by atoms with E-state index >= 15 is 0 Å². The maximum atomic E-state index is 12.4. The Balaban J connectivity index is 1.62. The summed E-state index contributed by atoms with van der Waals surface area (Å²) < 4.78 is 0. The van der Waals surface area contributed by atoms with Crippen molar-refractivity contribution >= 4 is 34.9 Å². The number of thioether (sulfide) groups is 1. The average molecular weight is 321 g/mol. The molecule has 0 aliphatic carbocycles. The van der Waals surface area contributed by atoms with Crippen LogP contribution in [0.5, 0.6) is 0 Å². The summed E-state index contributed by atoms with van der Waals surface area (Å²) in [4.78, 5) is 26.6. The van der Waals surface area contributed by atoms with Crippen molar-refractivity contribution in [2.45, 2.75) is 17.7 Å². The molecular weight excluding hydrogens is 306 g/mol. The largest absolute Gasteiger partial charge is 0.340 e. The van der Waals surface area contributed by atoms with Crippen LogP contribution in [0, 0.1) is 0 Å². The third-order valence-electron chi connectivity index (χ3n) is 3.47. The standard InChI is InChI=1S/C14H15N3O2S2/c18-13-4-3-10(15-16-13)14(19)17-6-5-12(21-9-7-17)11-2-1-8-20-11/h1-4,8,10,12H,5-7,9H2. The normalized spacial score (nSPS) is 25.9. The van der Waals surface area contributed by atoms with Crippen molar-refractivity contribution in [2.75, 3.05) is 18.8 Å². The SMILES string of the molecule is O=C1C=CC(C(=O)N2CCSC(c3cccs3)CC2)N=N1. The Morgan fingerprint density at radius 1 is 1.38 bits per heavy atom. The Morgan fingerprint density at radius 2 is 2.29 bits per heavy atom. The molecule has 110 valence electrons. The zero-order valence-electron chi connectivity index (χ0n) is 11.3. The highest BCUT2D eigenvalue weighted by Gasteiger charge is 2.27. The summed E-state index contributed by atoms with van der Waals surface area (Å²) >= 11 is 3.67. The van der Waals surface area contributed by atoms with Crippen molar-refractivity contribution in [2.24, 2.45) is 10.2 Å². The van der Waals surface area contributed by atoms with Gasteiger partial charge in [0.05, 0.1) is 0 Å². The molecule has 0 bridgehead atoms. The van der Waals surface area contributed by atoms with E-state index in [0.29, 0.717) is 5.25 Å². The van der Waals surface area contributed by atoms with E-state index in [1.54, 1.807) is 11.3 Å². The highest BCUT2D eigenvalue weighted by molar-refractivity contribution is 7.99. The van der Waals surface area contributed by atoms with Crippen molar-refractivity contribution < 1.29 is 9.59 Å². The van der Waals surface area contributed by atoms with Gasteiger partial charge in [0.1, 0.15) is 0 Å². The molecule has 0 spiro atoms. The molecule has 21 heavy (non-hydrogen) atoms. The fraction of sp³-hybridized carbons (Fsp3) is 0.429. The molecule has 2 aliphatic heterocycles. The summed E-state index contributed by atoms with van der Waals surface area (Å²) in [7, 11) is 0. The number of carbonyl (C=O) groups is 2. The lowest BCUT2D eigenvalue weighted by molar-refractivity contribution is -0.131. The second-order valence-corrected chi connectivity index (χ2v) is 7.14. The summed E-state index contributed by atoms with van der Waals surface area (Å²) in [5, 5.41) is 9.79. The molecule has 2 unspecified atom stereocenters. The first-order chi connectivity index (χ1) is 10.2. The molecule has 0 saturated carbocycles. The fourth-order valence-corrected chi connectivity index (χ4v) is 4.61. The van der Waals surface area contributed by atoms with Gasteiger partial charge in [-0.3, -0.25) is 9.59 Å². The lowest BCUT2D eigenvalue weighted by Gasteiger charge is -2.22. The van der Waals surface area contributed by atoms with Gasteiger partial charge in [-0.05, 0) is 23.9 Å². The van der Waals surface area contributed by atoms with Gasteiger partial charge in [0, 0.05) is 35.0 Å². The van der Waals surface area contributed by atoms with Crippen molar-refractivity contribution in [3.05, 3.63) is 34.5 Å². The Bertz CT molecular complexity index is 567. The number of hydrogen-bond donors (Lipinski definition) is 0. The smallest absolute Gasteiger partial charge is 0.287 e. The summed E-state index contributed by atoms with van der Waals surface area (Å²) in [6, 6.07) is 3.59. The van der Waals surface area contributed by atoms with E-state index < -0.39 is 11.9 Å². The van der Waals surface area contributed by atoms with E-state index in [4.69, 9.17) is 0 Å². The van der Waals surface area contributed by atoms with Gasteiger partial charge in [0.15, 0.2) is 6.04 Å². The van der Waals surface area contributed by atoms with Crippen LogP contribution in [0.15, 0.2) is 39.9 Å². The molecule has 0 aromatic carbocycles. The third kappa shape index (κ3) is 3.41. The van der Waals surface area contributed by atoms with Gasteiger partial charge < -0.3 is 4.90 Å². The van der Waals surface area contributed by atoms with Gasteiger partial charge in [0.2, 0.25) is 0 Å². The van der Waals surface area contributed by atoms with Crippen LogP contribution in [0.2, 0.25) is 0 Å². The highest BCUT2D eigenvalue weighted by atomic mass is 32.2. The van der Waals surface area contributed by atoms with Gasteiger partial charge in [-0.1, -0.05) is 6.07 Å². The Kier molecular flexibility index (Phi) is 4.50. The second-order valence-electron chi connectivity index (χ2n) is 4.85. The zero-order chi connectivity index (χ0) is 14.7. The maximum absolute atomic E-state index is 12.4. The van der Waals surface area contributed by atoms with E-state index in [1.165, 1.54) is 17.0 Å². The van der Waals surface area contributed by atoms with Crippen LogP contribution < -0.4 is 0 Å². The minimum atomic E-state index is -0.633. The lowest BCUT2D eigenvalue weighted by atomic mass is 10.2. The summed E-state index contributed by atoms with van der Waals surface area (Å²) in [5.74, 6) is 0.457. The van der Waals surface area contributed by atoms with Crippen LogP contribution in [0.3, 0.4) is 0 Å². The molecule has 2 amide bonds. The van der Waals surface area contributed by atoms with Crippen molar-refractivity contribution in [3.8, 4) is 0 Å². The maximum Gasteiger partial charge on any atom is 0.287 e. The molecule has 0 radical (unpaired) electrons. The van der Waals surface area contributed by atoms with E-state index in [2.05, 4.69) is 27.7 Å². The average Bonchev–Trinajstić information content (AvgIpc) is 2.92. The lowest BCUT2D eigenvalue weighted by Crippen LogP contribution is -2.39. The highest BCUT2D eigenvalue weighted by Crippen LogP contribution is 2.36. The Morgan fingerprint density at radius 3 is 3.00 bits per heavy atom. The first-order valence-electron chi connectivity index (χ1n) is 6.81. The number of carbonyl (C=O) groups excluding carboxylic acids is 2. The molecule has 3 rings (SSSR count). The zero-order valence-corrected chi connectivity index (χ0v) is 13.0. The van der Waals surface area contributed by atoms with Gasteiger partial charge in [0.25, 0.3) is 11.8 Å². The van der Waals surface area contributed by atoms with E-state index in [9.17, 15) is 9.59 Å². The van der Waals surface area contributed by atoms with Crippen molar-refractivity contribution in [3.63, 3.8) is 0 Å². The van der Waals surface area contributed by atoms with E-state index in [0.717, 1.165) is 25.3 Å². The molecule has 7 heteroatoms. The molecule has 1 saturated heterocycles. The van der Waals surface area contributed by atoms with E-state index in [1.807, 2.05) is 16.7 Å². The van der Waals surface area contributed by atoms with Crippen LogP contribution in [-0.4, -0.2) is 41.6 Å². The van der Waals surface area contributed by atoms with Crippen molar-refractivity contribution in [1.29, 1.82) is 0 Å². The Labute approximate surface area is 131 Å². The van der Waals surface area contributed by atoms with Gasteiger partial charge in [-0.2, -0.15) is 16.9 Å². The van der Waals surface area contributed by atoms with E-state index in [-0.39, 0.29) is 5.91 Å². The molecule has 1 aromatic rings. The van der Waals surface area contributed by atoms with Crippen LogP contribution in [0.1, 0.15) is 16.5 Å². The molecule has 2 atom stereocenters. The van der Waals surface area contributed by atoms with Gasteiger partial charge in [-0.15, -0.1) is 16.5 Å². The van der Waals surface area contributed by atoms with Crippen molar-refractivity contribution in [1.82, 2.24) is 4.90 Å². The topological polar surface area (TPSA) is 62.1 Å². The number of amides is 2. The van der Waals surface area contributed by atoms with Gasteiger partial charge >= 0.3 is 0 Å². The molecular formula is C14H15N3O2S2. The number of nitrogens with zero attached hydrogens (tertiary/aromatic N) is 3. The quantitative estimate of drug-likeness (QED) is 0.841. The minimum absolute atomic E-state index is 0.0603. The molecule has 2 aliphatic rings. The van der Waals surface area contributed by atoms with Crippen LogP contribution in [0.25, 0.3) is 0 Å². The molecule has 1 fully saturated rings. The Hall–Kier alpha value is -1.47. The summed E-state index contributed by atoms with van der Waals surface area (Å²) in [6.07, 6.45) is 3.80. The minimum Gasteiger partial charge on any atom is -0.340 e. The molecule has 1 aromatic heterocycles. The van der Waals surface area contributed by atoms with Crippen LogP contribution >= 0.6 is 23.1 Å². The predicted molar refractivity (Wildman–Crippen MR) is 83.5 cm³/mol. The number of rotatable bonds is 2. The predicted octanol–water partition coefficient (Wildman–Crippen LogP) is 2.67. The third-order valence-corrected chi connectivity index (χ3v) is 5.91. The first kappa shape index (κ1) is 14.5. The van der Waals surface area contributed by atoms with Crippen LogP contribution in [0.4, 0.5) is 0 Å². The second kappa shape index (κ2) is 6.53. The number of azo groups is 1. The van der Waals surface area contributed by atoms with Gasteiger partial charge in [-0.25, -0.2) is 0 Å². The molecule has 0 N–H and O–H groups in total. The number of hydrogen-bond acceptors (Lipinski definition) is 5. The first-order valence-corrected chi connectivity index (χ1v) is 8.74. The molecule has 3 heterocycles. The monoisotopic (exact) mass is 321 g/mol. The fourth-order valence-electron chi connectivity index (χ4n) is 2.38. The van der Waals surface area contributed by atoms with Crippen LogP contribution in [-0.2, 0) is 9.59 Å². The molecule has 5 nitrogen and oxygen atoms in total. The number of thiophene rings is 1. The summed E-state index contributed by atoms with van der Waals surface area (Å²) in [6.45, 7) is 1.45.